The molecule has 0 bridgehead atoms. The molecule has 0 saturated carbocycles. The van der Waals surface area contributed by atoms with Crippen LogP contribution in [0.4, 0.5) is 13.2 Å². The Kier molecular flexibility index (Phi) is 4.59. The van der Waals surface area contributed by atoms with Gasteiger partial charge in [-0.1, -0.05) is 12.1 Å². The molecule has 0 aliphatic rings. The summed E-state index contributed by atoms with van der Waals surface area (Å²) in [7, 11) is -3.36. The van der Waals surface area contributed by atoms with Gasteiger partial charge in [0.05, 0.1) is 11.5 Å². The average Bonchev–Trinajstić information content (AvgIpc) is 2.26. The van der Waals surface area contributed by atoms with E-state index in [1.165, 1.54) is 25.1 Å². The number of hydrogen-bond donors (Lipinski definition) is 1. The molecule has 1 aromatic carbocycles. The molecule has 0 radical (unpaired) electrons. The molecule has 19 heavy (non-hydrogen) atoms. The summed E-state index contributed by atoms with van der Waals surface area (Å²) < 4.78 is 61.1. The Morgan fingerprint density at radius 2 is 1.89 bits per heavy atom. The normalized spacial score (nSPS) is 13.0. The van der Waals surface area contributed by atoms with Crippen LogP contribution in [-0.4, -0.2) is 37.6 Å². The number of alkyl halides is 3. The maximum absolute atomic E-state index is 12.3. The van der Waals surface area contributed by atoms with Crippen molar-refractivity contribution in [3.63, 3.8) is 0 Å². The summed E-state index contributed by atoms with van der Waals surface area (Å²) in [6.07, 6.45) is -4.61. The lowest BCUT2D eigenvalue weighted by molar-refractivity contribution is -0.134. The number of rotatable bonds is 4. The second kappa shape index (κ2) is 5.48. The quantitative estimate of drug-likeness (QED) is 0.919. The Labute approximate surface area is 109 Å². The van der Waals surface area contributed by atoms with Gasteiger partial charge in [0, 0.05) is 7.05 Å². The van der Waals surface area contributed by atoms with E-state index in [1.807, 2.05) is 0 Å². The van der Waals surface area contributed by atoms with E-state index in [2.05, 4.69) is 0 Å². The fourth-order valence-corrected chi connectivity index (χ4v) is 3.04. The van der Waals surface area contributed by atoms with Crippen molar-refractivity contribution in [3.05, 3.63) is 29.3 Å². The van der Waals surface area contributed by atoms with Gasteiger partial charge in [0.2, 0.25) is 10.0 Å². The maximum atomic E-state index is 12.3. The lowest BCUT2D eigenvalue weighted by Crippen LogP contribution is -2.36. The van der Waals surface area contributed by atoms with Crippen molar-refractivity contribution >= 4 is 10.0 Å². The Morgan fingerprint density at radius 3 is 2.37 bits per heavy atom. The number of sulfonamides is 1. The summed E-state index contributed by atoms with van der Waals surface area (Å²) in [5.41, 5.74) is 0.612. The highest BCUT2D eigenvalue weighted by molar-refractivity contribution is 7.89. The Bertz CT molecular complexity index is 555. The van der Waals surface area contributed by atoms with Gasteiger partial charge in [-0.05, 0) is 24.1 Å². The van der Waals surface area contributed by atoms with E-state index in [1.54, 1.807) is 0 Å². The van der Waals surface area contributed by atoms with Crippen LogP contribution in [-0.2, 0) is 16.6 Å². The Hall–Kier alpha value is -1.12. The number of nitrogens with zero attached hydrogens (tertiary/aromatic N) is 1. The van der Waals surface area contributed by atoms with Crippen LogP contribution in [0.3, 0.4) is 0 Å². The van der Waals surface area contributed by atoms with Crippen LogP contribution >= 0.6 is 0 Å². The van der Waals surface area contributed by atoms with E-state index < -0.39 is 22.7 Å². The van der Waals surface area contributed by atoms with E-state index in [4.69, 9.17) is 5.11 Å². The Balaban J connectivity index is 3.21. The van der Waals surface area contributed by atoms with E-state index in [9.17, 15) is 21.6 Å². The molecule has 108 valence electrons. The minimum absolute atomic E-state index is 0.231. The van der Waals surface area contributed by atoms with Gasteiger partial charge < -0.3 is 5.11 Å². The first-order valence-electron chi connectivity index (χ1n) is 5.32. The van der Waals surface area contributed by atoms with Crippen molar-refractivity contribution in [2.75, 3.05) is 13.6 Å². The van der Waals surface area contributed by atoms with Gasteiger partial charge in [-0.3, -0.25) is 0 Å². The second-order valence-corrected chi connectivity index (χ2v) is 6.09. The first-order chi connectivity index (χ1) is 8.59. The maximum Gasteiger partial charge on any atom is 0.402 e. The molecular formula is C11H14F3NO3S. The van der Waals surface area contributed by atoms with Crippen LogP contribution in [0, 0.1) is 6.92 Å². The molecule has 0 aliphatic heterocycles. The lowest BCUT2D eigenvalue weighted by atomic mass is 10.1. The Morgan fingerprint density at radius 1 is 1.32 bits per heavy atom. The highest BCUT2D eigenvalue weighted by Crippen LogP contribution is 2.25. The minimum Gasteiger partial charge on any atom is -0.392 e. The molecule has 0 amide bonds. The number of halogens is 3. The van der Waals surface area contributed by atoms with E-state index in [0.29, 0.717) is 5.56 Å². The lowest BCUT2D eigenvalue weighted by Gasteiger charge is -2.20. The topological polar surface area (TPSA) is 57.6 Å². The highest BCUT2D eigenvalue weighted by Gasteiger charge is 2.35. The first kappa shape index (κ1) is 15.9. The van der Waals surface area contributed by atoms with Crippen molar-refractivity contribution in [2.24, 2.45) is 0 Å². The molecule has 8 heteroatoms. The monoisotopic (exact) mass is 297 g/mol. The van der Waals surface area contributed by atoms with Crippen molar-refractivity contribution in [1.29, 1.82) is 0 Å². The molecule has 0 fully saturated rings. The molecular weight excluding hydrogens is 283 g/mol. The molecule has 1 N–H and O–H groups in total. The van der Waals surface area contributed by atoms with Crippen molar-refractivity contribution in [3.8, 4) is 0 Å². The summed E-state index contributed by atoms with van der Waals surface area (Å²) in [6, 6.07) is 4.11. The van der Waals surface area contributed by atoms with Crippen LogP contribution in [0.25, 0.3) is 0 Å². The van der Waals surface area contributed by atoms with E-state index in [-0.39, 0.29) is 21.4 Å². The molecule has 0 heterocycles. The van der Waals surface area contributed by atoms with Crippen LogP contribution < -0.4 is 0 Å². The zero-order valence-corrected chi connectivity index (χ0v) is 11.2. The fourth-order valence-electron chi connectivity index (χ4n) is 1.62. The summed E-state index contributed by atoms with van der Waals surface area (Å²) in [6.45, 7) is -0.490. The largest absolute Gasteiger partial charge is 0.402 e. The van der Waals surface area contributed by atoms with Crippen molar-refractivity contribution in [2.45, 2.75) is 24.6 Å². The number of benzene rings is 1. The van der Waals surface area contributed by atoms with Gasteiger partial charge in [-0.25, -0.2) is 8.42 Å². The van der Waals surface area contributed by atoms with Crippen LogP contribution in [0.5, 0.6) is 0 Å². The van der Waals surface area contributed by atoms with Crippen molar-refractivity contribution in [1.82, 2.24) is 4.31 Å². The highest BCUT2D eigenvalue weighted by atomic mass is 32.2. The second-order valence-electron chi connectivity index (χ2n) is 4.07. The fraction of sp³-hybridized carbons (Fsp3) is 0.455. The summed E-state index contributed by atoms with van der Waals surface area (Å²) >= 11 is 0. The average molecular weight is 297 g/mol. The predicted octanol–water partition coefficient (Wildman–Crippen LogP) is 1.67. The standard InChI is InChI=1S/C11H14F3NO3S/c1-8-9(6-16)4-3-5-10(8)19(17,18)15(2)7-11(12,13)14/h3-5,16H,6-7H2,1-2H3. The molecule has 0 atom stereocenters. The van der Waals surface area contributed by atoms with Gasteiger partial charge >= 0.3 is 6.18 Å². The molecule has 0 aliphatic carbocycles. The number of aliphatic hydroxyl groups is 1. The molecule has 4 nitrogen and oxygen atoms in total. The molecule has 1 rings (SSSR count). The van der Waals surface area contributed by atoms with E-state index in [0.717, 1.165) is 7.05 Å². The molecule has 1 aromatic rings. The SMILES string of the molecule is Cc1c(CO)cccc1S(=O)(=O)N(C)CC(F)(F)F. The zero-order valence-electron chi connectivity index (χ0n) is 10.4. The third kappa shape index (κ3) is 3.68. The van der Waals surface area contributed by atoms with Crippen LogP contribution in [0.1, 0.15) is 11.1 Å². The zero-order chi connectivity index (χ0) is 14.8. The summed E-state index contributed by atoms with van der Waals surface area (Å²) in [5, 5.41) is 9.05. The minimum atomic E-state index is -4.61. The third-order valence-electron chi connectivity index (χ3n) is 2.66. The van der Waals surface area contributed by atoms with E-state index >= 15 is 0 Å². The number of aliphatic hydroxyl groups excluding tert-OH is 1. The van der Waals surface area contributed by atoms with Crippen LogP contribution in [0.15, 0.2) is 23.1 Å². The summed E-state index contributed by atoms with van der Waals surface area (Å²) in [4.78, 5) is -0.231. The molecule has 0 aromatic heterocycles. The molecule has 0 saturated heterocycles. The van der Waals surface area contributed by atoms with Gasteiger partial charge in [0.15, 0.2) is 0 Å². The van der Waals surface area contributed by atoms with Gasteiger partial charge in [0.1, 0.15) is 6.54 Å². The smallest absolute Gasteiger partial charge is 0.392 e. The molecule has 0 spiro atoms. The summed E-state index contributed by atoms with van der Waals surface area (Å²) in [5.74, 6) is 0. The van der Waals surface area contributed by atoms with Crippen LogP contribution in [0.2, 0.25) is 0 Å². The van der Waals surface area contributed by atoms with Gasteiger partial charge in [-0.15, -0.1) is 0 Å². The van der Waals surface area contributed by atoms with Gasteiger partial charge in [-0.2, -0.15) is 17.5 Å². The predicted molar refractivity (Wildman–Crippen MR) is 63.0 cm³/mol. The molecule has 0 unspecified atom stereocenters. The van der Waals surface area contributed by atoms with Gasteiger partial charge in [0.25, 0.3) is 0 Å². The number of hydrogen-bond acceptors (Lipinski definition) is 3. The third-order valence-corrected chi connectivity index (χ3v) is 4.60. The van der Waals surface area contributed by atoms with Crippen molar-refractivity contribution < 1.29 is 26.7 Å². The first-order valence-corrected chi connectivity index (χ1v) is 6.76.